The minimum Gasteiger partial charge on any atom is -0.507 e. The quantitative estimate of drug-likeness (QED) is 0.459. The van der Waals surface area contributed by atoms with Crippen LogP contribution >= 0.6 is 0 Å². The first-order valence-corrected chi connectivity index (χ1v) is 13.1. The Kier molecular flexibility index (Phi) is 7.09. The third-order valence-corrected chi connectivity index (χ3v) is 8.13. The first-order valence-electron chi connectivity index (χ1n) is 11.4. The molecule has 2 unspecified atom stereocenters. The summed E-state index contributed by atoms with van der Waals surface area (Å²) in [6, 6.07) is 12.9. The number of rotatable bonds is 8. The zero-order valence-electron chi connectivity index (χ0n) is 19.9. The number of phenols is 1. The lowest BCUT2D eigenvalue weighted by Crippen LogP contribution is -2.40. The molecule has 0 saturated carbocycles. The van der Waals surface area contributed by atoms with Gasteiger partial charge in [0.15, 0.2) is 9.84 Å². The Balaban J connectivity index is 1.89. The van der Waals surface area contributed by atoms with E-state index < -0.39 is 27.8 Å². The summed E-state index contributed by atoms with van der Waals surface area (Å²) in [6.07, 6.45) is 3.30. The third kappa shape index (κ3) is 4.61. The second-order valence-electron chi connectivity index (χ2n) is 8.46. The van der Waals surface area contributed by atoms with Gasteiger partial charge in [-0.15, -0.1) is 0 Å². The van der Waals surface area contributed by atoms with E-state index >= 15 is 0 Å². The van der Waals surface area contributed by atoms with Crippen molar-refractivity contribution in [3.63, 3.8) is 0 Å². The summed E-state index contributed by atoms with van der Waals surface area (Å²) in [7, 11) is -0.189. The third-order valence-electron chi connectivity index (χ3n) is 6.36. The number of hydrogen-bond acceptors (Lipinski definition) is 8. The summed E-state index contributed by atoms with van der Waals surface area (Å²) in [5.74, 6) is -1.66. The molecule has 2 aromatic carbocycles. The molecule has 1 aromatic heterocycles. The van der Waals surface area contributed by atoms with Gasteiger partial charge in [-0.3, -0.25) is 9.78 Å². The molecule has 0 amide bonds. The number of nitrogens with zero attached hydrogens (tertiary/aromatic N) is 2. The van der Waals surface area contributed by atoms with Crippen LogP contribution in [0.15, 0.2) is 65.8 Å². The van der Waals surface area contributed by atoms with Crippen molar-refractivity contribution in [2.75, 3.05) is 31.4 Å². The molecule has 3 aromatic rings. The Hall–Kier alpha value is -3.43. The summed E-state index contributed by atoms with van der Waals surface area (Å²) < 4.78 is 32.1. The normalized spacial score (nSPS) is 17.3. The zero-order valence-corrected chi connectivity index (χ0v) is 20.7. The van der Waals surface area contributed by atoms with Crippen LogP contribution in [-0.4, -0.2) is 57.0 Å². The van der Waals surface area contributed by atoms with E-state index in [0.29, 0.717) is 27.9 Å². The van der Waals surface area contributed by atoms with Crippen LogP contribution in [0.3, 0.4) is 0 Å². The number of phenolic OH excluding ortho intramolecular Hbond substituents is 1. The number of likely N-dealkylation sites (N-methyl/N-ethyl adjacent to an activating group) is 1. The van der Waals surface area contributed by atoms with Gasteiger partial charge < -0.3 is 20.1 Å². The van der Waals surface area contributed by atoms with E-state index in [1.807, 2.05) is 11.0 Å². The van der Waals surface area contributed by atoms with E-state index in [-0.39, 0.29) is 29.5 Å². The summed E-state index contributed by atoms with van der Waals surface area (Å²) in [5, 5.41) is 14.4. The van der Waals surface area contributed by atoms with Gasteiger partial charge in [0.05, 0.1) is 23.3 Å². The number of aromatic hydroxyl groups is 1. The second-order valence-corrected chi connectivity index (χ2v) is 10.5. The molecule has 1 aliphatic heterocycles. The molecule has 2 atom stereocenters. The molecular weight excluding hydrogens is 466 g/mol. The molecule has 8 nitrogen and oxygen atoms in total. The van der Waals surface area contributed by atoms with E-state index in [2.05, 4.69) is 10.3 Å². The maximum absolute atomic E-state index is 13.3. The van der Waals surface area contributed by atoms with Crippen molar-refractivity contribution in [2.45, 2.75) is 30.3 Å². The number of nitrogens with one attached hydrogen (secondary N) is 1. The van der Waals surface area contributed by atoms with E-state index in [9.17, 15) is 18.3 Å². The van der Waals surface area contributed by atoms with E-state index in [4.69, 9.17) is 4.74 Å². The lowest BCUT2D eigenvalue weighted by molar-refractivity contribution is -0.145. The topological polar surface area (TPSA) is 109 Å². The first-order chi connectivity index (χ1) is 16.8. The van der Waals surface area contributed by atoms with Crippen molar-refractivity contribution in [3.8, 4) is 16.9 Å². The van der Waals surface area contributed by atoms with Gasteiger partial charge in [0, 0.05) is 48.4 Å². The highest BCUT2D eigenvalue weighted by Gasteiger charge is 2.46. The zero-order chi connectivity index (χ0) is 25.2. The molecule has 0 fully saturated rings. The molecule has 2 N–H and O–H groups in total. The van der Waals surface area contributed by atoms with Gasteiger partial charge >= 0.3 is 5.97 Å². The van der Waals surface area contributed by atoms with Crippen molar-refractivity contribution in [3.05, 3.63) is 72.1 Å². The van der Waals surface area contributed by atoms with Crippen molar-refractivity contribution >= 4 is 21.5 Å². The molecule has 4 rings (SSSR count). The highest BCUT2D eigenvalue weighted by molar-refractivity contribution is 7.91. The Bertz CT molecular complexity index is 1310. The van der Waals surface area contributed by atoms with Crippen LogP contribution in [0.4, 0.5) is 5.69 Å². The number of aromatic nitrogens is 1. The molecule has 0 saturated heterocycles. The van der Waals surface area contributed by atoms with Crippen LogP contribution in [0.5, 0.6) is 5.75 Å². The molecule has 2 heterocycles. The number of hydrogen-bond donors (Lipinski definition) is 2. The van der Waals surface area contributed by atoms with Gasteiger partial charge in [0.2, 0.25) is 0 Å². The van der Waals surface area contributed by atoms with Crippen LogP contribution in [0.2, 0.25) is 0 Å². The Labute approximate surface area is 205 Å². The number of ether oxygens (including phenoxy) is 1. The average molecular weight is 496 g/mol. The van der Waals surface area contributed by atoms with Crippen LogP contribution in [0, 0.1) is 0 Å². The largest absolute Gasteiger partial charge is 0.507 e. The van der Waals surface area contributed by atoms with Crippen molar-refractivity contribution < 1.29 is 23.1 Å². The van der Waals surface area contributed by atoms with Crippen LogP contribution in [0.1, 0.15) is 24.0 Å². The van der Waals surface area contributed by atoms with Crippen molar-refractivity contribution in [1.29, 1.82) is 0 Å². The maximum atomic E-state index is 13.3. The molecular formula is C26H29N3O5S. The van der Waals surface area contributed by atoms with E-state index in [1.54, 1.807) is 75.9 Å². The fourth-order valence-corrected chi connectivity index (χ4v) is 6.35. The first kappa shape index (κ1) is 24.7. The van der Waals surface area contributed by atoms with Crippen LogP contribution in [0.25, 0.3) is 11.1 Å². The fraction of sp³-hybridized carbons (Fsp3) is 0.308. The van der Waals surface area contributed by atoms with Crippen molar-refractivity contribution in [1.82, 2.24) is 10.3 Å². The summed E-state index contributed by atoms with van der Waals surface area (Å²) in [5.41, 5.74) is 3.07. The molecule has 9 heteroatoms. The van der Waals surface area contributed by atoms with Gasteiger partial charge in [-0.05, 0) is 43.8 Å². The van der Waals surface area contributed by atoms with Gasteiger partial charge in [-0.2, -0.15) is 0 Å². The Morgan fingerprint density at radius 2 is 1.94 bits per heavy atom. The summed E-state index contributed by atoms with van der Waals surface area (Å²) >= 11 is 0. The highest BCUT2D eigenvalue weighted by atomic mass is 32.2. The highest BCUT2D eigenvalue weighted by Crippen LogP contribution is 2.49. The maximum Gasteiger partial charge on any atom is 0.315 e. The Morgan fingerprint density at radius 3 is 2.57 bits per heavy atom. The van der Waals surface area contributed by atoms with Gasteiger partial charge in [0.1, 0.15) is 11.7 Å². The number of benzene rings is 2. The minimum absolute atomic E-state index is 0.0281. The number of carbonyl (C=O) groups excluding carboxylic acids is 1. The van der Waals surface area contributed by atoms with Gasteiger partial charge in [-0.25, -0.2) is 8.42 Å². The Morgan fingerprint density at radius 1 is 1.20 bits per heavy atom. The van der Waals surface area contributed by atoms with Crippen LogP contribution in [-0.2, 0) is 25.9 Å². The fourth-order valence-electron chi connectivity index (χ4n) is 4.72. The van der Waals surface area contributed by atoms with E-state index in [1.165, 1.54) is 0 Å². The lowest BCUT2D eigenvalue weighted by Gasteiger charge is -2.26. The van der Waals surface area contributed by atoms with E-state index in [0.717, 1.165) is 0 Å². The predicted molar refractivity (Wildman–Crippen MR) is 134 cm³/mol. The number of pyridine rings is 1. The smallest absolute Gasteiger partial charge is 0.315 e. The SMILES string of the molecule is CCOC(=O)C1c2c(cc(-c3cccnc3)c(O)c2CNC)N(C)C1CS(=O)(=O)c1ccccc1. The van der Waals surface area contributed by atoms with Gasteiger partial charge in [0.25, 0.3) is 0 Å². The number of esters is 1. The molecule has 0 aliphatic carbocycles. The number of sulfone groups is 1. The average Bonchev–Trinajstić information content (AvgIpc) is 3.12. The summed E-state index contributed by atoms with van der Waals surface area (Å²) in [6.45, 7) is 2.16. The molecule has 184 valence electrons. The number of anilines is 1. The number of fused-ring (bicyclic) bond motifs is 1. The summed E-state index contributed by atoms with van der Waals surface area (Å²) in [4.78, 5) is 19.4. The lowest BCUT2D eigenvalue weighted by atomic mass is 9.88. The molecule has 1 aliphatic rings. The monoisotopic (exact) mass is 495 g/mol. The molecule has 0 spiro atoms. The molecule has 0 bridgehead atoms. The van der Waals surface area contributed by atoms with Gasteiger partial charge in [-0.1, -0.05) is 24.3 Å². The standard InChI is InChI=1S/C26H29N3O5S/c1-4-34-26(31)24-22(16-35(32,33)18-10-6-5-7-11-18)29(3)21-13-19(17-9-8-12-28-14-17)25(30)20(15-27-2)23(21)24/h5-14,22,24,27,30H,4,15-16H2,1-3H3. The minimum atomic E-state index is -3.71. The molecule has 0 radical (unpaired) electrons. The second kappa shape index (κ2) is 10.1. The predicted octanol–water partition coefficient (Wildman–Crippen LogP) is 3.11. The van der Waals surface area contributed by atoms with Crippen LogP contribution < -0.4 is 10.2 Å². The number of carbonyl (C=O) groups is 1. The molecule has 35 heavy (non-hydrogen) atoms. The van der Waals surface area contributed by atoms with Crippen molar-refractivity contribution in [2.24, 2.45) is 0 Å².